The predicted molar refractivity (Wildman–Crippen MR) is 117 cm³/mol. The quantitative estimate of drug-likeness (QED) is 0.695. The molecule has 1 fully saturated rings. The maximum Gasteiger partial charge on any atom is 0.407 e. The van der Waals surface area contributed by atoms with Crippen molar-refractivity contribution in [2.75, 3.05) is 39.9 Å². The number of aromatic nitrogens is 1. The van der Waals surface area contributed by atoms with E-state index in [1.807, 2.05) is 26.8 Å². The summed E-state index contributed by atoms with van der Waals surface area (Å²) >= 11 is 0. The third-order valence-electron chi connectivity index (χ3n) is 5.99. The lowest BCUT2D eigenvalue weighted by Crippen LogP contribution is -2.47. The number of methoxy groups -OCH3 is 1. The summed E-state index contributed by atoms with van der Waals surface area (Å²) < 4.78 is 20.1. The molecule has 1 aromatic carbocycles. The number of aliphatic hydroxyl groups excluding tert-OH is 1. The van der Waals surface area contributed by atoms with E-state index in [0.717, 1.165) is 18.4 Å². The molecule has 0 radical (unpaired) electrons. The second kappa shape index (κ2) is 9.36. The molecule has 2 atom stereocenters. The molecule has 1 amide bonds. The lowest BCUT2D eigenvalue weighted by Gasteiger charge is -2.35. The summed E-state index contributed by atoms with van der Waals surface area (Å²) in [6.07, 6.45) is -0.0562. The van der Waals surface area contributed by atoms with E-state index in [1.54, 1.807) is 12.1 Å². The van der Waals surface area contributed by atoms with Crippen LogP contribution in [0.1, 0.15) is 38.7 Å². The third-order valence-corrected chi connectivity index (χ3v) is 5.99. The molecule has 1 aliphatic rings. The SMILES string of the molecule is COc1ccc2ccc(F)c(C(CO)CN3CC[C@@H](CN(C(=O)O)C(C)(C)C)C3)c2n1. The average Bonchev–Trinajstić information content (AvgIpc) is 3.16. The van der Waals surface area contributed by atoms with Gasteiger partial charge in [0.15, 0.2) is 0 Å². The van der Waals surface area contributed by atoms with Crippen LogP contribution in [-0.4, -0.2) is 76.5 Å². The molecule has 0 bridgehead atoms. The second-order valence-corrected chi connectivity index (χ2v) is 9.24. The number of halogens is 1. The highest BCUT2D eigenvalue weighted by Crippen LogP contribution is 2.31. The van der Waals surface area contributed by atoms with Gasteiger partial charge in [0.2, 0.25) is 5.88 Å². The van der Waals surface area contributed by atoms with Crippen molar-refractivity contribution in [3.8, 4) is 5.88 Å². The Kier molecular flexibility index (Phi) is 7.01. The van der Waals surface area contributed by atoms with E-state index in [1.165, 1.54) is 18.1 Å². The number of rotatable bonds is 7. The number of carboxylic acid groups (broad SMARTS) is 1. The van der Waals surface area contributed by atoms with Gasteiger partial charge in [-0.2, -0.15) is 0 Å². The van der Waals surface area contributed by atoms with Gasteiger partial charge in [-0.25, -0.2) is 14.2 Å². The van der Waals surface area contributed by atoms with Crippen LogP contribution >= 0.6 is 0 Å². The number of fused-ring (bicyclic) bond motifs is 1. The topological polar surface area (TPSA) is 86.1 Å². The van der Waals surface area contributed by atoms with Crippen LogP contribution in [0, 0.1) is 11.7 Å². The molecule has 3 rings (SSSR count). The van der Waals surface area contributed by atoms with Crippen molar-refractivity contribution in [2.24, 2.45) is 5.92 Å². The molecule has 8 heteroatoms. The van der Waals surface area contributed by atoms with Gasteiger partial charge in [0.05, 0.1) is 19.2 Å². The van der Waals surface area contributed by atoms with Crippen LogP contribution in [-0.2, 0) is 0 Å². The minimum atomic E-state index is -0.919. The number of amides is 1. The summed E-state index contributed by atoms with van der Waals surface area (Å²) in [4.78, 5) is 19.7. The Balaban J connectivity index is 1.77. The number of aliphatic hydroxyl groups is 1. The van der Waals surface area contributed by atoms with Gasteiger partial charge in [-0.3, -0.25) is 0 Å². The summed E-state index contributed by atoms with van der Waals surface area (Å²) in [5, 5.41) is 20.5. The van der Waals surface area contributed by atoms with Crippen LogP contribution in [0.3, 0.4) is 0 Å². The molecule has 1 unspecified atom stereocenters. The van der Waals surface area contributed by atoms with Crippen molar-refractivity contribution in [3.05, 3.63) is 35.6 Å². The number of carbonyl (C=O) groups is 1. The van der Waals surface area contributed by atoms with E-state index in [0.29, 0.717) is 36.6 Å². The van der Waals surface area contributed by atoms with Crippen molar-refractivity contribution in [2.45, 2.75) is 38.6 Å². The monoisotopic (exact) mass is 433 g/mol. The summed E-state index contributed by atoms with van der Waals surface area (Å²) in [7, 11) is 1.51. The zero-order valence-electron chi connectivity index (χ0n) is 18.6. The average molecular weight is 434 g/mol. The Morgan fingerprint density at radius 2 is 2.06 bits per heavy atom. The molecule has 170 valence electrons. The molecule has 0 spiro atoms. The van der Waals surface area contributed by atoms with Crippen LogP contribution in [0.25, 0.3) is 10.9 Å². The molecule has 0 saturated carbocycles. The minimum absolute atomic E-state index is 0.199. The minimum Gasteiger partial charge on any atom is -0.481 e. The first-order chi connectivity index (χ1) is 14.6. The largest absolute Gasteiger partial charge is 0.481 e. The zero-order valence-corrected chi connectivity index (χ0v) is 18.6. The number of nitrogens with zero attached hydrogens (tertiary/aromatic N) is 3. The van der Waals surface area contributed by atoms with Crippen LogP contribution in [0.4, 0.5) is 9.18 Å². The number of benzene rings is 1. The Morgan fingerprint density at radius 1 is 1.35 bits per heavy atom. The summed E-state index contributed by atoms with van der Waals surface area (Å²) in [5.74, 6) is -0.244. The Bertz CT molecular complexity index is 931. The van der Waals surface area contributed by atoms with Gasteiger partial charge in [-0.1, -0.05) is 0 Å². The van der Waals surface area contributed by atoms with Crippen LogP contribution in [0.15, 0.2) is 24.3 Å². The van der Waals surface area contributed by atoms with Gasteiger partial charge in [-0.05, 0) is 57.9 Å². The maximum absolute atomic E-state index is 14.9. The van der Waals surface area contributed by atoms with Gasteiger partial charge in [0.25, 0.3) is 0 Å². The molecule has 2 N–H and O–H groups in total. The number of pyridine rings is 1. The van der Waals surface area contributed by atoms with Crippen LogP contribution in [0.2, 0.25) is 0 Å². The van der Waals surface area contributed by atoms with Crippen molar-refractivity contribution >= 4 is 17.0 Å². The Hall–Kier alpha value is -2.45. The fourth-order valence-corrected chi connectivity index (χ4v) is 4.35. The van der Waals surface area contributed by atoms with E-state index in [9.17, 15) is 19.4 Å². The number of likely N-dealkylation sites (tertiary alicyclic amines) is 1. The molecule has 1 saturated heterocycles. The fraction of sp³-hybridized carbons (Fsp3) is 0.565. The normalized spacial score (nSPS) is 18.3. The summed E-state index contributed by atoms with van der Waals surface area (Å²) in [6.45, 7) is 7.88. The predicted octanol–water partition coefficient (Wildman–Crippen LogP) is 3.56. The highest BCUT2D eigenvalue weighted by molar-refractivity contribution is 5.83. The van der Waals surface area contributed by atoms with Crippen LogP contribution < -0.4 is 4.74 Å². The molecule has 1 aliphatic heterocycles. The van der Waals surface area contributed by atoms with Crippen molar-refractivity contribution in [3.63, 3.8) is 0 Å². The lowest BCUT2D eigenvalue weighted by molar-refractivity contribution is 0.0890. The zero-order chi connectivity index (χ0) is 22.8. The van der Waals surface area contributed by atoms with E-state index in [-0.39, 0.29) is 12.5 Å². The van der Waals surface area contributed by atoms with Crippen molar-refractivity contribution in [1.29, 1.82) is 0 Å². The first-order valence-corrected chi connectivity index (χ1v) is 10.6. The highest BCUT2D eigenvalue weighted by Gasteiger charge is 2.33. The van der Waals surface area contributed by atoms with Gasteiger partial charge >= 0.3 is 6.09 Å². The van der Waals surface area contributed by atoms with E-state index >= 15 is 0 Å². The highest BCUT2D eigenvalue weighted by atomic mass is 19.1. The lowest BCUT2D eigenvalue weighted by atomic mass is 9.95. The third kappa shape index (κ3) is 5.25. The van der Waals surface area contributed by atoms with Crippen molar-refractivity contribution < 1.29 is 24.1 Å². The Morgan fingerprint density at radius 3 is 2.68 bits per heavy atom. The van der Waals surface area contributed by atoms with Gasteiger partial charge in [0, 0.05) is 48.1 Å². The van der Waals surface area contributed by atoms with E-state index in [2.05, 4.69) is 9.88 Å². The van der Waals surface area contributed by atoms with Crippen LogP contribution in [0.5, 0.6) is 5.88 Å². The molecule has 1 aromatic heterocycles. The molecule has 31 heavy (non-hydrogen) atoms. The Labute approximate surface area is 182 Å². The molecule has 2 aromatic rings. The fourth-order valence-electron chi connectivity index (χ4n) is 4.35. The van der Waals surface area contributed by atoms with Crippen molar-refractivity contribution in [1.82, 2.24) is 14.8 Å². The first-order valence-electron chi connectivity index (χ1n) is 10.6. The van der Waals surface area contributed by atoms with Gasteiger partial charge < -0.3 is 24.7 Å². The van der Waals surface area contributed by atoms with E-state index < -0.39 is 23.4 Å². The number of ether oxygens (including phenoxy) is 1. The molecule has 7 nitrogen and oxygen atoms in total. The summed E-state index contributed by atoms with van der Waals surface area (Å²) in [5.41, 5.74) is 0.423. The van der Waals surface area contributed by atoms with Gasteiger partial charge in [0.1, 0.15) is 5.82 Å². The first kappa shape index (κ1) is 23.2. The second-order valence-electron chi connectivity index (χ2n) is 9.24. The summed E-state index contributed by atoms with van der Waals surface area (Å²) in [6, 6.07) is 6.65. The van der Waals surface area contributed by atoms with E-state index in [4.69, 9.17) is 4.74 Å². The number of hydrogen-bond donors (Lipinski definition) is 2. The molecule has 0 aliphatic carbocycles. The smallest absolute Gasteiger partial charge is 0.407 e. The standard InChI is InChI=1S/C23H32FN3O4/c1-23(2,3)27(22(29)30)12-15-9-10-26(11-15)13-17(14-28)20-18(24)7-5-16-6-8-19(31-4)25-21(16)20/h5-8,15,17,28H,9-14H2,1-4H3,(H,29,30)/t15-,17?/m1/s1. The van der Waals surface area contributed by atoms with Gasteiger partial charge in [-0.15, -0.1) is 0 Å². The molecular weight excluding hydrogens is 401 g/mol. The molecular formula is C23H32FN3O4. The molecule has 2 heterocycles. The maximum atomic E-state index is 14.9. The number of hydrogen-bond acceptors (Lipinski definition) is 5.